The standard InChI is InChI=1S/C25H25N5O5/c1-17-7-9-19(10-8-17)29-24(33)22(31)27-15-20-11-12-21(35-20)16-28-30-25(34)23(32)26-14-13-18-5-3-2-4-6-18/h2-12,16H,13-15H2,1H3,(H,26,32)(H,27,31)(H,29,33)(H,30,34)/b28-16+. The molecule has 0 aliphatic carbocycles. The predicted molar refractivity (Wildman–Crippen MR) is 129 cm³/mol. The molecule has 1 heterocycles. The van der Waals surface area contributed by atoms with Crippen LogP contribution in [0.4, 0.5) is 5.69 Å². The lowest BCUT2D eigenvalue weighted by Gasteiger charge is -2.05. The maximum absolute atomic E-state index is 12.0. The molecule has 0 bridgehead atoms. The molecule has 0 unspecified atom stereocenters. The fourth-order valence-corrected chi connectivity index (χ4v) is 2.88. The van der Waals surface area contributed by atoms with Crippen LogP contribution in [-0.2, 0) is 32.1 Å². The third kappa shape index (κ3) is 8.28. The first-order chi connectivity index (χ1) is 16.9. The van der Waals surface area contributed by atoms with Crippen LogP contribution in [0.15, 0.2) is 76.2 Å². The minimum Gasteiger partial charge on any atom is -0.458 e. The molecular weight excluding hydrogens is 450 g/mol. The van der Waals surface area contributed by atoms with Gasteiger partial charge in [0.1, 0.15) is 11.5 Å². The van der Waals surface area contributed by atoms with Crippen LogP contribution in [0.5, 0.6) is 0 Å². The van der Waals surface area contributed by atoms with Crippen LogP contribution < -0.4 is 21.4 Å². The van der Waals surface area contributed by atoms with Crippen molar-refractivity contribution in [2.45, 2.75) is 19.9 Å². The van der Waals surface area contributed by atoms with E-state index in [4.69, 9.17) is 4.42 Å². The molecule has 0 fully saturated rings. The Hall–Kier alpha value is -4.73. The highest BCUT2D eigenvalue weighted by Crippen LogP contribution is 2.09. The van der Waals surface area contributed by atoms with Crippen molar-refractivity contribution in [1.82, 2.24) is 16.1 Å². The molecule has 0 saturated carbocycles. The van der Waals surface area contributed by atoms with E-state index in [1.165, 1.54) is 6.21 Å². The molecule has 3 aromatic rings. The van der Waals surface area contributed by atoms with E-state index >= 15 is 0 Å². The van der Waals surface area contributed by atoms with Gasteiger partial charge in [0.25, 0.3) is 0 Å². The fourth-order valence-electron chi connectivity index (χ4n) is 2.88. The quantitative estimate of drug-likeness (QED) is 0.223. The van der Waals surface area contributed by atoms with E-state index in [1.54, 1.807) is 24.3 Å². The number of nitrogens with zero attached hydrogens (tertiary/aromatic N) is 1. The van der Waals surface area contributed by atoms with Crippen molar-refractivity contribution in [2.24, 2.45) is 5.10 Å². The number of furan rings is 1. The second-order valence-electron chi connectivity index (χ2n) is 7.50. The smallest absolute Gasteiger partial charge is 0.329 e. The Labute approximate surface area is 201 Å². The maximum atomic E-state index is 12.0. The summed E-state index contributed by atoms with van der Waals surface area (Å²) in [6, 6.07) is 19.7. The highest BCUT2D eigenvalue weighted by molar-refractivity contribution is 6.39. The number of hydrazone groups is 1. The lowest BCUT2D eigenvalue weighted by atomic mass is 10.1. The number of hydrogen-bond acceptors (Lipinski definition) is 6. The molecule has 0 aliphatic rings. The maximum Gasteiger partial charge on any atom is 0.329 e. The van der Waals surface area contributed by atoms with Gasteiger partial charge in [-0.25, -0.2) is 5.43 Å². The molecule has 0 aliphatic heterocycles. The summed E-state index contributed by atoms with van der Waals surface area (Å²) < 4.78 is 5.45. The van der Waals surface area contributed by atoms with Gasteiger partial charge in [-0.3, -0.25) is 19.2 Å². The highest BCUT2D eigenvalue weighted by Gasteiger charge is 2.14. The number of carbonyl (C=O) groups is 4. The van der Waals surface area contributed by atoms with E-state index in [0.717, 1.165) is 11.1 Å². The Morgan fingerprint density at radius 1 is 0.829 bits per heavy atom. The Balaban J connectivity index is 1.37. The molecule has 180 valence electrons. The summed E-state index contributed by atoms with van der Waals surface area (Å²) in [6.07, 6.45) is 1.81. The zero-order valence-corrected chi connectivity index (χ0v) is 19.0. The number of aryl methyl sites for hydroxylation is 1. The van der Waals surface area contributed by atoms with Gasteiger partial charge in [0.05, 0.1) is 12.8 Å². The largest absolute Gasteiger partial charge is 0.458 e. The number of anilines is 1. The zero-order chi connectivity index (χ0) is 25.0. The lowest BCUT2D eigenvalue weighted by molar-refractivity contribution is -0.139. The molecule has 0 atom stereocenters. The van der Waals surface area contributed by atoms with Gasteiger partial charge in [-0.05, 0) is 43.2 Å². The van der Waals surface area contributed by atoms with E-state index in [0.29, 0.717) is 24.4 Å². The zero-order valence-electron chi connectivity index (χ0n) is 19.0. The molecule has 10 heteroatoms. The number of carbonyl (C=O) groups excluding carboxylic acids is 4. The fraction of sp³-hybridized carbons (Fsp3) is 0.160. The van der Waals surface area contributed by atoms with Crippen molar-refractivity contribution in [3.8, 4) is 0 Å². The van der Waals surface area contributed by atoms with Gasteiger partial charge in [-0.15, -0.1) is 0 Å². The monoisotopic (exact) mass is 475 g/mol. The average Bonchev–Trinajstić information content (AvgIpc) is 3.32. The Bertz CT molecular complexity index is 1200. The summed E-state index contributed by atoms with van der Waals surface area (Å²) in [5, 5.41) is 11.2. The van der Waals surface area contributed by atoms with Crippen LogP contribution in [0, 0.1) is 6.92 Å². The van der Waals surface area contributed by atoms with Crippen molar-refractivity contribution in [3.63, 3.8) is 0 Å². The SMILES string of the molecule is Cc1ccc(NC(=O)C(=O)NCc2ccc(/C=N/NC(=O)C(=O)NCCc3ccccc3)o2)cc1. The van der Waals surface area contributed by atoms with E-state index in [-0.39, 0.29) is 12.3 Å². The number of benzene rings is 2. The van der Waals surface area contributed by atoms with Crippen LogP contribution >= 0.6 is 0 Å². The second kappa shape index (κ2) is 12.5. The summed E-state index contributed by atoms with van der Waals surface area (Å²) in [7, 11) is 0. The van der Waals surface area contributed by atoms with Gasteiger partial charge >= 0.3 is 23.6 Å². The van der Waals surface area contributed by atoms with Crippen LogP contribution in [-0.4, -0.2) is 36.4 Å². The highest BCUT2D eigenvalue weighted by atomic mass is 16.3. The third-order valence-corrected chi connectivity index (χ3v) is 4.73. The van der Waals surface area contributed by atoms with Crippen LogP contribution in [0.1, 0.15) is 22.6 Å². The van der Waals surface area contributed by atoms with Gasteiger partial charge < -0.3 is 20.4 Å². The van der Waals surface area contributed by atoms with Crippen LogP contribution in [0.25, 0.3) is 0 Å². The van der Waals surface area contributed by atoms with Gasteiger partial charge in [0, 0.05) is 12.2 Å². The van der Waals surface area contributed by atoms with Crippen molar-refractivity contribution < 1.29 is 23.6 Å². The third-order valence-electron chi connectivity index (χ3n) is 4.73. The van der Waals surface area contributed by atoms with Crippen molar-refractivity contribution in [2.75, 3.05) is 11.9 Å². The molecule has 0 spiro atoms. The van der Waals surface area contributed by atoms with Crippen molar-refractivity contribution >= 4 is 35.5 Å². The minimum atomic E-state index is -0.909. The second-order valence-corrected chi connectivity index (χ2v) is 7.50. The van der Waals surface area contributed by atoms with E-state index in [1.807, 2.05) is 49.4 Å². The average molecular weight is 476 g/mol. The van der Waals surface area contributed by atoms with E-state index in [2.05, 4.69) is 26.5 Å². The van der Waals surface area contributed by atoms with Crippen LogP contribution in [0.2, 0.25) is 0 Å². The Kier molecular flexibility index (Phi) is 8.89. The van der Waals surface area contributed by atoms with E-state index < -0.39 is 23.6 Å². The molecule has 3 rings (SSSR count). The van der Waals surface area contributed by atoms with Gasteiger partial charge in [-0.1, -0.05) is 48.0 Å². The topological polar surface area (TPSA) is 142 Å². The molecule has 1 aromatic heterocycles. The molecule has 4 amide bonds. The normalized spacial score (nSPS) is 10.5. The van der Waals surface area contributed by atoms with Crippen molar-refractivity contribution in [3.05, 3.63) is 89.4 Å². The first kappa shape index (κ1) is 24.9. The Morgan fingerprint density at radius 2 is 1.54 bits per heavy atom. The molecular formula is C25H25N5O5. The molecule has 10 nitrogen and oxygen atoms in total. The summed E-state index contributed by atoms with van der Waals surface area (Å²) in [6.45, 7) is 2.21. The number of rotatable bonds is 8. The first-order valence-electron chi connectivity index (χ1n) is 10.8. The summed E-state index contributed by atoms with van der Waals surface area (Å²) in [4.78, 5) is 47.6. The summed E-state index contributed by atoms with van der Waals surface area (Å²) in [5.41, 5.74) is 4.71. The number of nitrogens with one attached hydrogen (secondary N) is 4. The molecule has 4 N–H and O–H groups in total. The number of hydrogen-bond donors (Lipinski definition) is 4. The van der Waals surface area contributed by atoms with Crippen LogP contribution in [0.3, 0.4) is 0 Å². The van der Waals surface area contributed by atoms with Gasteiger partial charge in [0.2, 0.25) is 0 Å². The van der Waals surface area contributed by atoms with Gasteiger partial charge in [-0.2, -0.15) is 5.10 Å². The first-order valence-corrected chi connectivity index (χ1v) is 10.8. The lowest BCUT2D eigenvalue weighted by Crippen LogP contribution is -2.38. The van der Waals surface area contributed by atoms with E-state index in [9.17, 15) is 19.2 Å². The molecule has 0 radical (unpaired) electrons. The summed E-state index contributed by atoms with van der Waals surface area (Å²) >= 11 is 0. The predicted octanol–water partition coefficient (Wildman–Crippen LogP) is 1.65. The molecule has 35 heavy (non-hydrogen) atoms. The molecule has 2 aromatic carbocycles. The summed E-state index contributed by atoms with van der Waals surface area (Å²) in [5.74, 6) is -2.68. The minimum absolute atomic E-state index is 0.0236. The Morgan fingerprint density at radius 3 is 2.29 bits per heavy atom. The van der Waals surface area contributed by atoms with Gasteiger partial charge in [0.15, 0.2) is 0 Å². The van der Waals surface area contributed by atoms with Crippen molar-refractivity contribution in [1.29, 1.82) is 0 Å². The number of amides is 4. The molecule has 0 saturated heterocycles.